The molecule has 5 heteroatoms. The van der Waals surface area contributed by atoms with E-state index in [4.69, 9.17) is 0 Å². The number of hydrogen-bond donors (Lipinski definition) is 2. The van der Waals surface area contributed by atoms with Gasteiger partial charge in [-0.2, -0.15) is 4.98 Å². The van der Waals surface area contributed by atoms with E-state index in [-0.39, 0.29) is 11.3 Å². The molecule has 2 aromatic heterocycles. The zero-order chi connectivity index (χ0) is 14.3. The molecule has 2 aromatic rings. The standard InChI is InChI=1S/C15H16N4O/c1-15(2,3)14-18-11(13(20)19-14)7-9-8-17-12-10(9)5-4-6-16-12/h4-8,20H,1-3H3,(H,18,19). The van der Waals surface area contributed by atoms with Gasteiger partial charge in [-0.15, -0.1) is 0 Å². The molecule has 0 bridgehead atoms. The molecule has 1 aliphatic rings. The van der Waals surface area contributed by atoms with Crippen molar-refractivity contribution in [1.82, 2.24) is 15.0 Å². The van der Waals surface area contributed by atoms with E-state index in [9.17, 15) is 5.11 Å². The number of rotatable bonds is 1. The van der Waals surface area contributed by atoms with Crippen LogP contribution in [0.4, 0.5) is 5.82 Å². The van der Waals surface area contributed by atoms with Gasteiger partial charge in [0.25, 0.3) is 0 Å². The largest absolute Gasteiger partial charge is 0.492 e. The number of aromatic hydroxyl groups is 1. The van der Waals surface area contributed by atoms with Gasteiger partial charge in [-0.1, -0.05) is 20.8 Å². The molecule has 102 valence electrons. The summed E-state index contributed by atoms with van der Waals surface area (Å²) in [5.41, 5.74) is 2.32. The first-order valence-corrected chi connectivity index (χ1v) is 6.46. The number of H-pyrrole nitrogens is 1. The van der Waals surface area contributed by atoms with Crippen LogP contribution in [0.3, 0.4) is 0 Å². The fourth-order valence-corrected chi connectivity index (χ4v) is 2.03. The van der Waals surface area contributed by atoms with E-state index in [2.05, 4.69) is 19.9 Å². The van der Waals surface area contributed by atoms with Crippen LogP contribution in [0.15, 0.2) is 23.3 Å². The monoisotopic (exact) mass is 268 g/mol. The molecule has 0 atom stereocenters. The SMILES string of the molecule is CC(C)(C)c1nc(O)c(C=C2C=Nc3ncccc32)[nH]1. The lowest BCUT2D eigenvalue weighted by Gasteiger charge is -2.13. The molecule has 0 saturated carbocycles. The lowest BCUT2D eigenvalue weighted by atomic mass is 9.96. The van der Waals surface area contributed by atoms with Gasteiger partial charge >= 0.3 is 0 Å². The third-order valence-corrected chi connectivity index (χ3v) is 3.15. The van der Waals surface area contributed by atoms with Crippen molar-refractivity contribution in [3.8, 4) is 5.88 Å². The number of aliphatic imine (C=N–C) groups is 1. The van der Waals surface area contributed by atoms with Gasteiger partial charge in [-0.3, -0.25) is 0 Å². The molecule has 0 radical (unpaired) electrons. The van der Waals surface area contributed by atoms with E-state index in [1.54, 1.807) is 12.4 Å². The Balaban J connectivity index is 2.03. The molecular weight excluding hydrogens is 252 g/mol. The lowest BCUT2D eigenvalue weighted by Crippen LogP contribution is -2.13. The molecule has 3 heterocycles. The summed E-state index contributed by atoms with van der Waals surface area (Å²) < 4.78 is 0. The highest BCUT2D eigenvalue weighted by Crippen LogP contribution is 2.32. The summed E-state index contributed by atoms with van der Waals surface area (Å²) in [5.74, 6) is 1.46. The van der Waals surface area contributed by atoms with Crippen LogP contribution < -0.4 is 0 Å². The molecule has 0 saturated heterocycles. The highest BCUT2D eigenvalue weighted by Gasteiger charge is 2.21. The number of pyridine rings is 1. The zero-order valence-corrected chi connectivity index (χ0v) is 11.7. The average molecular weight is 268 g/mol. The first-order chi connectivity index (χ1) is 9.45. The smallest absolute Gasteiger partial charge is 0.237 e. The quantitative estimate of drug-likeness (QED) is 0.834. The Hall–Kier alpha value is -2.43. The van der Waals surface area contributed by atoms with Gasteiger partial charge in [-0.25, -0.2) is 9.98 Å². The molecule has 20 heavy (non-hydrogen) atoms. The second-order valence-corrected chi connectivity index (χ2v) is 5.81. The normalized spacial score (nSPS) is 15.8. The van der Waals surface area contributed by atoms with Crippen molar-refractivity contribution >= 4 is 23.7 Å². The van der Waals surface area contributed by atoms with Gasteiger partial charge in [-0.05, 0) is 18.2 Å². The van der Waals surface area contributed by atoms with Crippen molar-refractivity contribution in [3.63, 3.8) is 0 Å². The molecule has 0 spiro atoms. The van der Waals surface area contributed by atoms with Crippen LogP contribution in [0.25, 0.3) is 11.6 Å². The second kappa shape index (κ2) is 4.30. The maximum absolute atomic E-state index is 9.96. The van der Waals surface area contributed by atoms with Gasteiger partial charge in [0, 0.05) is 29.0 Å². The lowest BCUT2D eigenvalue weighted by molar-refractivity contribution is 0.449. The van der Waals surface area contributed by atoms with Crippen LogP contribution >= 0.6 is 0 Å². The average Bonchev–Trinajstić information content (AvgIpc) is 2.95. The summed E-state index contributed by atoms with van der Waals surface area (Å²) in [6.45, 7) is 6.12. The Morgan fingerprint density at radius 2 is 2.10 bits per heavy atom. The van der Waals surface area contributed by atoms with Gasteiger partial charge < -0.3 is 10.1 Å². The van der Waals surface area contributed by atoms with Gasteiger partial charge in [0.05, 0.1) is 0 Å². The number of fused-ring (bicyclic) bond motifs is 1. The molecule has 3 rings (SSSR count). The van der Waals surface area contributed by atoms with Crippen molar-refractivity contribution in [2.75, 3.05) is 0 Å². The summed E-state index contributed by atoms with van der Waals surface area (Å²) >= 11 is 0. The highest BCUT2D eigenvalue weighted by atomic mass is 16.3. The number of nitrogens with one attached hydrogen (secondary N) is 1. The number of allylic oxidation sites excluding steroid dienone is 1. The van der Waals surface area contributed by atoms with E-state index in [1.165, 1.54) is 0 Å². The summed E-state index contributed by atoms with van der Waals surface area (Å²) in [5, 5.41) is 9.96. The summed E-state index contributed by atoms with van der Waals surface area (Å²) in [6, 6.07) is 3.83. The number of hydrogen-bond acceptors (Lipinski definition) is 4. The van der Waals surface area contributed by atoms with Crippen LogP contribution in [0.2, 0.25) is 0 Å². The summed E-state index contributed by atoms with van der Waals surface area (Å²) in [4.78, 5) is 15.8. The highest BCUT2D eigenvalue weighted by molar-refractivity contribution is 6.20. The van der Waals surface area contributed by atoms with Gasteiger partial charge in [0.1, 0.15) is 11.5 Å². The second-order valence-electron chi connectivity index (χ2n) is 5.81. The van der Waals surface area contributed by atoms with Crippen molar-refractivity contribution in [1.29, 1.82) is 0 Å². The minimum Gasteiger partial charge on any atom is -0.492 e. The van der Waals surface area contributed by atoms with E-state index in [0.29, 0.717) is 11.5 Å². The number of nitrogens with zero attached hydrogens (tertiary/aromatic N) is 3. The number of aromatic nitrogens is 3. The number of imidazole rings is 1. The van der Waals surface area contributed by atoms with Crippen LogP contribution in [-0.4, -0.2) is 26.3 Å². The van der Waals surface area contributed by atoms with Gasteiger partial charge in [0.15, 0.2) is 5.82 Å². The van der Waals surface area contributed by atoms with E-state index in [1.807, 2.05) is 39.0 Å². The van der Waals surface area contributed by atoms with Crippen molar-refractivity contribution < 1.29 is 5.11 Å². The number of aromatic amines is 1. The fraction of sp³-hybridized carbons (Fsp3) is 0.267. The molecule has 5 nitrogen and oxygen atoms in total. The minimum atomic E-state index is -0.141. The fourth-order valence-electron chi connectivity index (χ4n) is 2.03. The van der Waals surface area contributed by atoms with Crippen LogP contribution in [-0.2, 0) is 5.41 Å². The molecule has 2 N–H and O–H groups in total. The van der Waals surface area contributed by atoms with Crippen molar-refractivity contribution in [2.24, 2.45) is 4.99 Å². The minimum absolute atomic E-state index is 0.00756. The Kier molecular flexibility index (Phi) is 2.71. The Bertz CT molecular complexity index is 720. The van der Waals surface area contributed by atoms with Crippen molar-refractivity contribution in [2.45, 2.75) is 26.2 Å². The predicted octanol–water partition coefficient (Wildman–Crippen LogP) is 3.06. The van der Waals surface area contributed by atoms with Crippen LogP contribution in [0.5, 0.6) is 5.88 Å². The van der Waals surface area contributed by atoms with Crippen molar-refractivity contribution in [3.05, 3.63) is 35.4 Å². The molecule has 1 aliphatic heterocycles. The Morgan fingerprint density at radius 1 is 1.30 bits per heavy atom. The van der Waals surface area contributed by atoms with Crippen LogP contribution in [0.1, 0.15) is 37.9 Å². The summed E-state index contributed by atoms with van der Waals surface area (Å²) in [7, 11) is 0. The molecule has 0 aliphatic carbocycles. The maximum atomic E-state index is 9.96. The Labute approximate surface area is 117 Å². The maximum Gasteiger partial charge on any atom is 0.237 e. The molecular formula is C15H16N4O. The molecule has 0 aromatic carbocycles. The Morgan fingerprint density at radius 3 is 2.80 bits per heavy atom. The predicted molar refractivity (Wildman–Crippen MR) is 79.2 cm³/mol. The van der Waals surface area contributed by atoms with E-state index >= 15 is 0 Å². The third-order valence-electron chi connectivity index (χ3n) is 3.15. The van der Waals surface area contributed by atoms with E-state index in [0.717, 1.165) is 17.0 Å². The summed E-state index contributed by atoms with van der Waals surface area (Å²) in [6.07, 6.45) is 5.30. The molecule has 0 amide bonds. The zero-order valence-electron chi connectivity index (χ0n) is 11.7. The van der Waals surface area contributed by atoms with E-state index < -0.39 is 0 Å². The third kappa shape index (κ3) is 2.11. The first-order valence-electron chi connectivity index (χ1n) is 6.46. The molecule has 0 fully saturated rings. The molecule has 0 unspecified atom stereocenters. The van der Waals surface area contributed by atoms with Gasteiger partial charge in [0.2, 0.25) is 5.88 Å². The first kappa shape index (κ1) is 12.6. The van der Waals surface area contributed by atoms with Crippen LogP contribution in [0, 0.1) is 0 Å². The topological polar surface area (TPSA) is 74.2 Å².